The second-order valence-electron chi connectivity index (χ2n) is 4.06. The smallest absolute Gasteiger partial charge is 0.323 e. The molecule has 0 saturated carbocycles. The van der Waals surface area contributed by atoms with Gasteiger partial charge in [-0.15, -0.1) is 0 Å². The zero-order valence-corrected chi connectivity index (χ0v) is 12.5. The van der Waals surface area contributed by atoms with Crippen molar-refractivity contribution in [2.45, 2.75) is 26.3 Å². The van der Waals surface area contributed by atoms with Crippen molar-refractivity contribution in [3.05, 3.63) is 33.4 Å². The molecule has 0 aliphatic heterocycles. The minimum atomic E-state index is -0.991. The van der Waals surface area contributed by atoms with Crippen LogP contribution in [-0.4, -0.2) is 34.5 Å². The average molecular weight is 361 g/mol. The van der Waals surface area contributed by atoms with Crippen molar-refractivity contribution in [3.8, 4) is 0 Å². The molecule has 0 bridgehead atoms. The molecule has 18 heavy (non-hydrogen) atoms. The van der Waals surface area contributed by atoms with E-state index in [1.54, 1.807) is 12.1 Å². The molecule has 5 heteroatoms. The Kier molecular flexibility index (Phi) is 5.58. The highest BCUT2D eigenvalue weighted by molar-refractivity contribution is 14.1. The van der Waals surface area contributed by atoms with Crippen LogP contribution in [-0.2, 0) is 4.79 Å². The first-order valence-electron chi connectivity index (χ1n) is 5.74. The summed E-state index contributed by atoms with van der Waals surface area (Å²) in [5.74, 6) is -1.22. The fourth-order valence-corrected chi connectivity index (χ4v) is 2.20. The first kappa shape index (κ1) is 14.9. The summed E-state index contributed by atoms with van der Waals surface area (Å²) in [6.07, 6.45) is 0.725. The topological polar surface area (TPSA) is 57.6 Å². The average Bonchev–Trinajstić information content (AvgIpc) is 2.34. The van der Waals surface area contributed by atoms with Crippen LogP contribution in [0.5, 0.6) is 0 Å². The van der Waals surface area contributed by atoms with Crippen molar-refractivity contribution in [1.82, 2.24) is 4.90 Å². The molecule has 0 saturated heterocycles. The number of carboxylic acid groups (broad SMARTS) is 1. The standard InChI is InChI=1S/C13H16INO3/c1-3-9(2)15(8-12(16)17)13(18)10-6-4-5-7-11(10)14/h4-7,9H,3,8H2,1-2H3,(H,16,17). The summed E-state index contributed by atoms with van der Waals surface area (Å²) >= 11 is 2.08. The van der Waals surface area contributed by atoms with Crippen molar-refractivity contribution in [3.63, 3.8) is 0 Å². The number of aliphatic carboxylic acids is 1. The molecular formula is C13H16INO3. The van der Waals surface area contributed by atoms with E-state index in [0.717, 1.165) is 9.99 Å². The van der Waals surface area contributed by atoms with E-state index in [0.29, 0.717) is 5.56 Å². The van der Waals surface area contributed by atoms with E-state index in [1.165, 1.54) is 4.90 Å². The van der Waals surface area contributed by atoms with Crippen LogP contribution in [0.2, 0.25) is 0 Å². The first-order valence-corrected chi connectivity index (χ1v) is 6.82. The molecule has 1 aromatic rings. The summed E-state index contributed by atoms with van der Waals surface area (Å²) in [6, 6.07) is 7.10. The van der Waals surface area contributed by atoms with Crippen LogP contribution in [0.1, 0.15) is 30.6 Å². The number of hydrogen-bond donors (Lipinski definition) is 1. The normalized spacial score (nSPS) is 11.9. The third-order valence-electron chi connectivity index (χ3n) is 2.79. The molecule has 1 aromatic carbocycles. The highest BCUT2D eigenvalue weighted by Crippen LogP contribution is 2.16. The Morgan fingerprint density at radius 3 is 2.50 bits per heavy atom. The van der Waals surface area contributed by atoms with Gasteiger partial charge in [0.05, 0.1) is 5.56 Å². The van der Waals surface area contributed by atoms with E-state index in [-0.39, 0.29) is 18.5 Å². The zero-order chi connectivity index (χ0) is 13.7. The van der Waals surface area contributed by atoms with Gasteiger partial charge < -0.3 is 10.0 Å². The van der Waals surface area contributed by atoms with Gasteiger partial charge in [-0.1, -0.05) is 19.1 Å². The Morgan fingerprint density at radius 2 is 2.00 bits per heavy atom. The molecule has 0 fully saturated rings. The van der Waals surface area contributed by atoms with E-state index in [1.807, 2.05) is 26.0 Å². The molecule has 0 spiro atoms. The van der Waals surface area contributed by atoms with E-state index in [2.05, 4.69) is 22.6 Å². The second-order valence-corrected chi connectivity index (χ2v) is 5.23. The number of nitrogens with zero attached hydrogens (tertiary/aromatic N) is 1. The number of rotatable bonds is 5. The maximum Gasteiger partial charge on any atom is 0.323 e. The quantitative estimate of drug-likeness (QED) is 0.821. The number of amides is 1. The summed E-state index contributed by atoms with van der Waals surface area (Å²) < 4.78 is 0.832. The van der Waals surface area contributed by atoms with Crippen molar-refractivity contribution in [2.75, 3.05) is 6.54 Å². The summed E-state index contributed by atoms with van der Waals surface area (Å²) in [4.78, 5) is 24.6. The lowest BCUT2D eigenvalue weighted by Crippen LogP contribution is -2.42. The lowest BCUT2D eigenvalue weighted by molar-refractivity contribution is -0.138. The molecule has 1 rings (SSSR count). The van der Waals surface area contributed by atoms with Crippen molar-refractivity contribution in [1.29, 1.82) is 0 Å². The van der Waals surface area contributed by atoms with Gasteiger partial charge in [-0.25, -0.2) is 0 Å². The lowest BCUT2D eigenvalue weighted by atomic mass is 10.1. The number of carboxylic acids is 1. The third-order valence-corrected chi connectivity index (χ3v) is 3.73. The number of benzene rings is 1. The minimum absolute atomic E-state index is 0.0930. The van der Waals surface area contributed by atoms with Crippen LogP contribution in [0.3, 0.4) is 0 Å². The number of halogens is 1. The van der Waals surface area contributed by atoms with Crippen LogP contribution >= 0.6 is 22.6 Å². The summed E-state index contributed by atoms with van der Waals surface area (Å²) in [5.41, 5.74) is 0.555. The van der Waals surface area contributed by atoms with Gasteiger partial charge in [-0.3, -0.25) is 9.59 Å². The molecule has 0 aliphatic rings. The molecule has 1 unspecified atom stereocenters. The number of carbonyl (C=O) groups excluding carboxylic acids is 1. The van der Waals surface area contributed by atoms with E-state index in [9.17, 15) is 9.59 Å². The highest BCUT2D eigenvalue weighted by atomic mass is 127. The van der Waals surface area contributed by atoms with E-state index >= 15 is 0 Å². The van der Waals surface area contributed by atoms with Gasteiger partial charge >= 0.3 is 5.97 Å². The van der Waals surface area contributed by atoms with Crippen LogP contribution in [0.15, 0.2) is 24.3 Å². The fraction of sp³-hybridized carbons (Fsp3) is 0.385. The molecule has 1 atom stereocenters. The Balaban J connectivity index is 3.02. The Hall–Kier alpha value is -1.11. The molecule has 4 nitrogen and oxygen atoms in total. The summed E-state index contributed by atoms with van der Waals surface area (Å²) in [7, 11) is 0. The highest BCUT2D eigenvalue weighted by Gasteiger charge is 2.23. The maximum atomic E-state index is 12.4. The van der Waals surface area contributed by atoms with Crippen LogP contribution in [0.25, 0.3) is 0 Å². The van der Waals surface area contributed by atoms with Crippen LogP contribution in [0, 0.1) is 3.57 Å². The molecule has 0 radical (unpaired) electrons. The minimum Gasteiger partial charge on any atom is -0.480 e. The number of hydrogen-bond acceptors (Lipinski definition) is 2. The Morgan fingerprint density at radius 1 is 1.39 bits per heavy atom. The summed E-state index contributed by atoms with van der Waals surface area (Å²) in [5, 5.41) is 8.90. The zero-order valence-electron chi connectivity index (χ0n) is 10.4. The Labute approximate surface area is 120 Å². The molecular weight excluding hydrogens is 345 g/mol. The van der Waals surface area contributed by atoms with Gasteiger partial charge in [-0.05, 0) is 48.1 Å². The predicted molar refractivity (Wildman–Crippen MR) is 77.6 cm³/mol. The van der Waals surface area contributed by atoms with Gasteiger partial charge in [0.25, 0.3) is 5.91 Å². The molecule has 1 amide bonds. The van der Waals surface area contributed by atoms with Crippen molar-refractivity contribution >= 4 is 34.5 Å². The largest absolute Gasteiger partial charge is 0.480 e. The third kappa shape index (κ3) is 3.69. The van der Waals surface area contributed by atoms with Crippen molar-refractivity contribution in [2.24, 2.45) is 0 Å². The van der Waals surface area contributed by atoms with Gasteiger partial charge in [0.15, 0.2) is 0 Å². The van der Waals surface area contributed by atoms with Gasteiger partial charge in [0.1, 0.15) is 6.54 Å². The molecule has 0 aromatic heterocycles. The lowest BCUT2D eigenvalue weighted by Gasteiger charge is -2.27. The van der Waals surface area contributed by atoms with Crippen molar-refractivity contribution < 1.29 is 14.7 Å². The summed E-state index contributed by atoms with van der Waals surface area (Å²) in [6.45, 7) is 3.53. The maximum absolute atomic E-state index is 12.4. The van der Waals surface area contributed by atoms with E-state index in [4.69, 9.17) is 5.11 Å². The molecule has 0 aliphatic carbocycles. The van der Waals surface area contributed by atoms with Gasteiger partial charge in [-0.2, -0.15) is 0 Å². The van der Waals surface area contributed by atoms with Gasteiger partial charge in [0.2, 0.25) is 0 Å². The molecule has 0 heterocycles. The molecule has 1 N–H and O–H groups in total. The first-order chi connectivity index (χ1) is 8.47. The van der Waals surface area contributed by atoms with Gasteiger partial charge in [0, 0.05) is 9.61 Å². The monoisotopic (exact) mass is 361 g/mol. The number of carbonyl (C=O) groups is 2. The molecule has 98 valence electrons. The fourth-order valence-electron chi connectivity index (χ4n) is 1.58. The van der Waals surface area contributed by atoms with E-state index < -0.39 is 5.97 Å². The predicted octanol–water partition coefficient (Wildman–Crippen LogP) is 2.62. The SMILES string of the molecule is CCC(C)N(CC(=O)O)C(=O)c1ccccc1I. The van der Waals surface area contributed by atoms with Crippen LogP contribution in [0.4, 0.5) is 0 Å². The second kappa shape index (κ2) is 6.72. The van der Waals surface area contributed by atoms with Crippen LogP contribution < -0.4 is 0 Å². The Bertz CT molecular complexity index is 448.